The van der Waals surface area contributed by atoms with Gasteiger partial charge in [0.1, 0.15) is 0 Å². The summed E-state index contributed by atoms with van der Waals surface area (Å²) >= 11 is 5.10. The van der Waals surface area contributed by atoms with Gasteiger partial charge in [0.05, 0.1) is 4.88 Å². The van der Waals surface area contributed by atoms with E-state index < -0.39 is 0 Å². The Morgan fingerprint density at radius 3 is 2.90 bits per heavy atom. The molecule has 0 saturated carbocycles. The quantitative estimate of drug-likeness (QED) is 0.878. The van der Waals surface area contributed by atoms with E-state index in [0.29, 0.717) is 6.54 Å². The number of thiophene rings is 1. The maximum Gasteiger partial charge on any atom is 0.261 e. The van der Waals surface area contributed by atoms with Gasteiger partial charge in [-0.2, -0.15) is 0 Å². The third-order valence-corrected chi connectivity index (χ3v) is 5.29. The minimum absolute atomic E-state index is 0.0457. The second kappa shape index (κ2) is 6.10. The molecule has 1 aliphatic carbocycles. The average molecular weight is 350 g/mol. The largest absolute Gasteiger partial charge is 0.347 e. The van der Waals surface area contributed by atoms with Gasteiger partial charge in [-0.05, 0) is 55.0 Å². The molecule has 1 N–H and O–H groups in total. The predicted molar refractivity (Wildman–Crippen MR) is 86.3 cm³/mol. The van der Waals surface area contributed by atoms with Crippen molar-refractivity contribution >= 4 is 33.2 Å². The van der Waals surface area contributed by atoms with Crippen molar-refractivity contribution in [1.82, 2.24) is 5.32 Å². The first-order valence-corrected chi connectivity index (χ1v) is 8.47. The van der Waals surface area contributed by atoms with Crippen molar-refractivity contribution in [3.05, 3.63) is 55.7 Å². The van der Waals surface area contributed by atoms with Crippen LogP contribution in [0.2, 0.25) is 0 Å². The van der Waals surface area contributed by atoms with Crippen molar-refractivity contribution in [2.24, 2.45) is 0 Å². The molecule has 0 fully saturated rings. The monoisotopic (exact) mass is 349 g/mol. The molecule has 0 bridgehead atoms. The Balaban J connectivity index is 1.66. The molecule has 0 unspecified atom stereocenters. The van der Waals surface area contributed by atoms with Crippen LogP contribution < -0.4 is 5.32 Å². The summed E-state index contributed by atoms with van der Waals surface area (Å²) in [5, 5.41) is 3.00. The van der Waals surface area contributed by atoms with Gasteiger partial charge < -0.3 is 5.32 Å². The molecule has 2 nitrogen and oxygen atoms in total. The van der Waals surface area contributed by atoms with Crippen LogP contribution in [0.15, 0.2) is 34.8 Å². The van der Waals surface area contributed by atoms with Gasteiger partial charge >= 0.3 is 0 Å². The highest BCUT2D eigenvalue weighted by Gasteiger charge is 2.16. The normalized spacial score (nSPS) is 13.8. The van der Waals surface area contributed by atoms with E-state index in [1.54, 1.807) is 11.3 Å². The van der Waals surface area contributed by atoms with Crippen molar-refractivity contribution < 1.29 is 4.79 Å². The van der Waals surface area contributed by atoms with Gasteiger partial charge in [0.25, 0.3) is 5.91 Å². The first-order chi connectivity index (χ1) is 9.72. The summed E-state index contributed by atoms with van der Waals surface area (Å²) in [6.45, 7) is 0.570. The summed E-state index contributed by atoms with van der Waals surface area (Å²) in [5.41, 5.74) is 2.49. The van der Waals surface area contributed by atoms with Gasteiger partial charge in [-0.3, -0.25) is 4.79 Å². The number of rotatable bonds is 3. The molecule has 2 aromatic rings. The summed E-state index contributed by atoms with van der Waals surface area (Å²) < 4.78 is 1.04. The number of halogens is 1. The van der Waals surface area contributed by atoms with E-state index in [9.17, 15) is 4.79 Å². The van der Waals surface area contributed by atoms with Crippen molar-refractivity contribution in [2.45, 2.75) is 32.2 Å². The molecule has 20 heavy (non-hydrogen) atoms. The second-order valence-corrected chi connectivity index (χ2v) is 7.13. The van der Waals surface area contributed by atoms with E-state index in [0.717, 1.165) is 27.8 Å². The molecule has 0 radical (unpaired) electrons. The predicted octanol–water partition coefficient (Wildman–Crippen LogP) is 4.32. The van der Waals surface area contributed by atoms with E-state index in [-0.39, 0.29) is 5.91 Å². The molecule has 104 valence electrons. The molecular weight excluding hydrogens is 334 g/mol. The molecule has 0 aliphatic heterocycles. The van der Waals surface area contributed by atoms with E-state index >= 15 is 0 Å². The highest BCUT2D eigenvalue weighted by Crippen LogP contribution is 2.29. The molecule has 1 aromatic carbocycles. The number of amides is 1. The van der Waals surface area contributed by atoms with Crippen LogP contribution >= 0.6 is 27.3 Å². The lowest BCUT2D eigenvalue weighted by atomic mass is 9.99. The highest BCUT2D eigenvalue weighted by molar-refractivity contribution is 9.10. The SMILES string of the molecule is O=C(NCc1cccc(Br)c1)c1cc2c(s1)CCCC2. The van der Waals surface area contributed by atoms with E-state index in [4.69, 9.17) is 0 Å². The van der Waals surface area contributed by atoms with Gasteiger partial charge in [-0.15, -0.1) is 11.3 Å². The van der Waals surface area contributed by atoms with Crippen LogP contribution in [0.1, 0.15) is 38.5 Å². The third kappa shape index (κ3) is 3.13. The van der Waals surface area contributed by atoms with Crippen LogP contribution in [0.5, 0.6) is 0 Å². The van der Waals surface area contributed by atoms with E-state index in [1.165, 1.54) is 23.3 Å². The van der Waals surface area contributed by atoms with Gasteiger partial charge in [-0.1, -0.05) is 28.1 Å². The number of carbonyl (C=O) groups excluding carboxylic acids is 1. The van der Waals surface area contributed by atoms with Crippen molar-refractivity contribution in [3.8, 4) is 0 Å². The van der Waals surface area contributed by atoms with Crippen LogP contribution in [-0.2, 0) is 19.4 Å². The number of benzene rings is 1. The van der Waals surface area contributed by atoms with Crippen LogP contribution in [0.25, 0.3) is 0 Å². The molecule has 1 heterocycles. The summed E-state index contributed by atoms with van der Waals surface area (Å²) in [6, 6.07) is 10.1. The molecule has 0 spiro atoms. The molecular formula is C16H16BrNOS. The summed E-state index contributed by atoms with van der Waals surface area (Å²) in [4.78, 5) is 14.5. The number of carbonyl (C=O) groups is 1. The first kappa shape index (κ1) is 13.8. The standard InChI is InChI=1S/C16H16BrNOS/c17-13-6-3-4-11(8-13)10-18-16(19)15-9-12-5-1-2-7-14(12)20-15/h3-4,6,8-9H,1-2,5,7,10H2,(H,18,19). The smallest absolute Gasteiger partial charge is 0.261 e. The summed E-state index contributed by atoms with van der Waals surface area (Å²) in [7, 11) is 0. The molecule has 1 amide bonds. The van der Waals surface area contributed by atoms with Gasteiger partial charge in [0.2, 0.25) is 0 Å². The molecule has 0 saturated heterocycles. The molecule has 4 heteroatoms. The Morgan fingerprint density at radius 1 is 1.25 bits per heavy atom. The van der Waals surface area contributed by atoms with Crippen LogP contribution in [0.3, 0.4) is 0 Å². The Labute approximate surface area is 131 Å². The molecule has 3 rings (SSSR count). The van der Waals surface area contributed by atoms with Gasteiger partial charge in [-0.25, -0.2) is 0 Å². The van der Waals surface area contributed by atoms with E-state index in [1.807, 2.05) is 24.3 Å². The third-order valence-electron chi connectivity index (χ3n) is 3.56. The number of fused-ring (bicyclic) bond motifs is 1. The minimum atomic E-state index is 0.0457. The lowest BCUT2D eigenvalue weighted by Crippen LogP contribution is -2.21. The second-order valence-electron chi connectivity index (χ2n) is 5.08. The lowest BCUT2D eigenvalue weighted by molar-refractivity contribution is 0.0955. The lowest BCUT2D eigenvalue weighted by Gasteiger charge is -2.08. The maximum atomic E-state index is 12.2. The fourth-order valence-corrected chi connectivity index (χ4v) is 4.14. The first-order valence-electron chi connectivity index (χ1n) is 6.86. The van der Waals surface area contributed by atoms with Gasteiger partial charge in [0, 0.05) is 15.9 Å². The Hall–Kier alpha value is -1.13. The van der Waals surface area contributed by atoms with Crippen LogP contribution in [0, 0.1) is 0 Å². The molecule has 1 aromatic heterocycles. The number of hydrogen-bond acceptors (Lipinski definition) is 2. The van der Waals surface area contributed by atoms with Crippen molar-refractivity contribution in [1.29, 1.82) is 0 Å². The van der Waals surface area contributed by atoms with Crippen molar-refractivity contribution in [2.75, 3.05) is 0 Å². The van der Waals surface area contributed by atoms with Gasteiger partial charge in [0.15, 0.2) is 0 Å². The molecule has 1 aliphatic rings. The Morgan fingerprint density at radius 2 is 2.10 bits per heavy atom. The van der Waals surface area contributed by atoms with Crippen molar-refractivity contribution in [3.63, 3.8) is 0 Å². The zero-order valence-electron chi connectivity index (χ0n) is 11.1. The molecule has 0 atom stereocenters. The number of nitrogens with one attached hydrogen (secondary N) is 1. The summed E-state index contributed by atoms with van der Waals surface area (Å²) in [6.07, 6.45) is 4.78. The van der Waals surface area contributed by atoms with Crippen LogP contribution in [-0.4, -0.2) is 5.91 Å². The average Bonchev–Trinajstić information content (AvgIpc) is 2.89. The Kier molecular flexibility index (Phi) is 4.22. The number of aryl methyl sites for hydroxylation is 2. The van der Waals surface area contributed by atoms with E-state index in [2.05, 4.69) is 27.3 Å². The Bertz CT molecular complexity index is 612. The highest BCUT2D eigenvalue weighted by atomic mass is 79.9. The topological polar surface area (TPSA) is 29.1 Å². The zero-order chi connectivity index (χ0) is 13.9. The minimum Gasteiger partial charge on any atom is -0.347 e. The zero-order valence-corrected chi connectivity index (χ0v) is 13.5. The fraction of sp³-hybridized carbons (Fsp3) is 0.312. The maximum absolute atomic E-state index is 12.2. The fourth-order valence-electron chi connectivity index (χ4n) is 2.52. The number of hydrogen-bond donors (Lipinski definition) is 1. The summed E-state index contributed by atoms with van der Waals surface area (Å²) in [5.74, 6) is 0.0457. The van der Waals surface area contributed by atoms with Crippen LogP contribution in [0.4, 0.5) is 0 Å².